The van der Waals surface area contributed by atoms with Crippen molar-refractivity contribution >= 4 is 0 Å². The van der Waals surface area contributed by atoms with Gasteiger partial charge >= 0.3 is 0 Å². The largest absolute Gasteiger partial charge is 0.303 e. The van der Waals surface area contributed by atoms with Crippen molar-refractivity contribution in [3.63, 3.8) is 0 Å². The van der Waals surface area contributed by atoms with Gasteiger partial charge in [-0.2, -0.15) is 0 Å². The molecule has 3 nitrogen and oxygen atoms in total. The fraction of sp³-hybridized carbons (Fsp3) is 1.00. The summed E-state index contributed by atoms with van der Waals surface area (Å²) in [7, 11) is 4.25. The van der Waals surface area contributed by atoms with Crippen LogP contribution in [-0.4, -0.2) is 56.2 Å². The Bertz CT molecular complexity index is 122. The van der Waals surface area contributed by atoms with Crippen molar-refractivity contribution in [2.75, 3.05) is 40.3 Å². The van der Waals surface area contributed by atoms with Crippen molar-refractivity contribution in [2.24, 2.45) is 0 Å². The van der Waals surface area contributed by atoms with E-state index in [1.54, 1.807) is 0 Å². The molecule has 0 heterocycles. The highest BCUT2D eigenvalue weighted by Gasteiger charge is 2.07. The van der Waals surface area contributed by atoms with Crippen LogP contribution >= 0.6 is 0 Å². The summed E-state index contributed by atoms with van der Waals surface area (Å²) in [6.45, 7) is 11.2. The van der Waals surface area contributed by atoms with E-state index in [4.69, 9.17) is 0 Å². The first kappa shape index (κ1) is 13.9. The van der Waals surface area contributed by atoms with Gasteiger partial charge in [-0.25, -0.2) is 0 Å². The summed E-state index contributed by atoms with van der Waals surface area (Å²) < 4.78 is 0. The van der Waals surface area contributed by atoms with Crippen LogP contribution in [0.1, 0.15) is 27.2 Å². The zero-order chi connectivity index (χ0) is 11.0. The molecule has 0 saturated carbocycles. The average molecular weight is 201 g/mol. The third-order valence-electron chi connectivity index (χ3n) is 2.71. The van der Waals surface area contributed by atoms with Crippen molar-refractivity contribution in [3.8, 4) is 0 Å². The first-order valence-corrected chi connectivity index (χ1v) is 5.77. The first-order chi connectivity index (χ1) is 6.65. The van der Waals surface area contributed by atoms with Crippen LogP contribution in [-0.2, 0) is 0 Å². The van der Waals surface area contributed by atoms with E-state index in [9.17, 15) is 0 Å². The summed E-state index contributed by atoms with van der Waals surface area (Å²) in [6.07, 6.45) is 1.68. The molecular weight excluding hydrogens is 174 g/mol. The molecule has 1 N–H and O–H groups in total. The van der Waals surface area contributed by atoms with Gasteiger partial charge in [-0.1, -0.05) is 20.8 Å². The Balaban J connectivity index is 3.59. The summed E-state index contributed by atoms with van der Waals surface area (Å²) in [4.78, 5) is 4.68. The van der Waals surface area contributed by atoms with E-state index in [1.165, 1.54) is 0 Å². The Kier molecular flexibility index (Phi) is 8.14. The Morgan fingerprint density at radius 1 is 1.07 bits per heavy atom. The molecule has 0 aliphatic rings. The van der Waals surface area contributed by atoms with Gasteiger partial charge in [0.15, 0.2) is 0 Å². The predicted octanol–water partition coefficient (Wildman–Crippen LogP) is 1.22. The molecule has 86 valence electrons. The number of nitrogens with zero attached hydrogens (tertiary/aromatic N) is 2. The molecule has 3 heteroatoms. The zero-order valence-corrected chi connectivity index (χ0v) is 10.5. The molecule has 1 unspecified atom stereocenters. The van der Waals surface area contributed by atoms with Crippen LogP contribution in [0, 0.1) is 0 Å². The van der Waals surface area contributed by atoms with Crippen LogP contribution < -0.4 is 5.32 Å². The molecule has 0 bridgehead atoms. The molecule has 14 heavy (non-hydrogen) atoms. The van der Waals surface area contributed by atoms with Crippen LogP contribution in [0.3, 0.4) is 0 Å². The van der Waals surface area contributed by atoms with E-state index in [0.717, 1.165) is 32.6 Å². The monoisotopic (exact) mass is 201 g/mol. The first-order valence-electron chi connectivity index (χ1n) is 5.77. The minimum absolute atomic E-state index is 0.519. The summed E-state index contributed by atoms with van der Waals surface area (Å²) in [6, 6.07) is 0. The fourth-order valence-corrected chi connectivity index (χ4v) is 1.62. The average Bonchev–Trinajstić information content (AvgIpc) is 2.18. The van der Waals surface area contributed by atoms with Gasteiger partial charge in [0.05, 0.1) is 6.17 Å². The number of likely N-dealkylation sites (N-methyl/N-ethyl adjacent to an activating group) is 1. The van der Waals surface area contributed by atoms with Crippen LogP contribution in [0.4, 0.5) is 0 Å². The second-order valence-electron chi connectivity index (χ2n) is 3.87. The minimum Gasteiger partial charge on any atom is -0.303 e. The third-order valence-corrected chi connectivity index (χ3v) is 2.71. The van der Waals surface area contributed by atoms with Crippen molar-refractivity contribution in [3.05, 3.63) is 0 Å². The van der Waals surface area contributed by atoms with Crippen molar-refractivity contribution < 1.29 is 0 Å². The molecule has 0 aromatic rings. The van der Waals surface area contributed by atoms with E-state index in [1.807, 2.05) is 0 Å². The maximum Gasteiger partial charge on any atom is 0.0589 e. The molecule has 0 amide bonds. The fourth-order valence-electron chi connectivity index (χ4n) is 1.62. The van der Waals surface area contributed by atoms with Gasteiger partial charge in [-0.05, 0) is 33.6 Å². The Labute approximate surface area is 89.5 Å². The second kappa shape index (κ2) is 8.21. The maximum atomic E-state index is 3.55. The molecule has 0 radical (unpaired) electrons. The summed E-state index contributed by atoms with van der Waals surface area (Å²) in [5.41, 5.74) is 0. The van der Waals surface area contributed by atoms with Crippen LogP contribution in [0.5, 0.6) is 0 Å². The minimum atomic E-state index is 0.519. The molecule has 0 rings (SSSR count). The second-order valence-corrected chi connectivity index (χ2v) is 3.87. The molecule has 1 atom stereocenters. The Morgan fingerprint density at radius 3 is 2.00 bits per heavy atom. The molecule has 0 aliphatic carbocycles. The summed E-state index contributed by atoms with van der Waals surface area (Å²) in [5.74, 6) is 0. The molecule has 0 aliphatic heterocycles. The van der Waals surface area contributed by atoms with E-state index in [0.29, 0.717) is 6.17 Å². The van der Waals surface area contributed by atoms with Crippen LogP contribution in [0.25, 0.3) is 0 Å². The van der Waals surface area contributed by atoms with Crippen molar-refractivity contribution in [1.29, 1.82) is 0 Å². The Morgan fingerprint density at radius 2 is 1.64 bits per heavy atom. The van der Waals surface area contributed by atoms with E-state index in [-0.39, 0.29) is 0 Å². The van der Waals surface area contributed by atoms with Gasteiger partial charge in [-0.3, -0.25) is 4.90 Å². The number of nitrogens with one attached hydrogen (secondary N) is 1. The number of rotatable bonds is 8. The van der Waals surface area contributed by atoms with E-state index in [2.05, 4.69) is 50.0 Å². The van der Waals surface area contributed by atoms with Crippen LogP contribution in [0.2, 0.25) is 0 Å². The topological polar surface area (TPSA) is 18.5 Å². The number of hydrogen-bond donors (Lipinski definition) is 1. The van der Waals surface area contributed by atoms with Gasteiger partial charge in [0, 0.05) is 13.1 Å². The summed E-state index contributed by atoms with van der Waals surface area (Å²) in [5, 5.41) is 3.55. The lowest BCUT2D eigenvalue weighted by Crippen LogP contribution is -2.44. The SMILES string of the molecule is CCC(NCCN(CC)CC)N(C)C. The van der Waals surface area contributed by atoms with E-state index < -0.39 is 0 Å². The third kappa shape index (κ3) is 5.58. The van der Waals surface area contributed by atoms with Gasteiger partial charge in [-0.15, -0.1) is 0 Å². The Hall–Kier alpha value is -0.120. The highest BCUT2D eigenvalue weighted by atomic mass is 15.2. The maximum absolute atomic E-state index is 3.55. The van der Waals surface area contributed by atoms with Gasteiger partial charge in [0.25, 0.3) is 0 Å². The lowest BCUT2D eigenvalue weighted by molar-refractivity contribution is 0.221. The lowest BCUT2D eigenvalue weighted by atomic mass is 10.3. The number of hydrogen-bond acceptors (Lipinski definition) is 3. The van der Waals surface area contributed by atoms with Gasteiger partial charge in [0.2, 0.25) is 0 Å². The predicted molar refractivity (Wildman–Crippen MR) is 63.6 cm³/mol. The highest BCUT2D eigenvalue weighted by molar-refractivity contribution is 4.63. The molecule has 0 aromatic carbocycles. The van der Waals surface area contributed by atoms with Gasteiger partial charge in [0.1, 0.15) is 0 Å². The summed E-state index contributed by atoms with van der Waals surface area (Å²) >= 11 is 0. The molecule has 0 fully saturated rings. The van der Waals surface area contributed by atoms with Gasteiger partial charge < -0.3 is 10.2 Å². The smallest absolute Gasteiger partial charge is 0.0589 e. The highest BCUT2D eigenvalue weighted by Crippen LogP contribution is 1.94. The molecule has 0 aromatic heterocycles. The molecule has 0 spiro atoms. The molecule has 0 saturated heterocycles. The van der Waals surface area contributed by atoms with Crippen LogP contribution in [0.15, 0.2) is 0 Å². The van der Waals surface area contributed by atoms with Crippen molar-refractivity contribution in [1.82, 2.24) is 15.1 Å². The normalized spacial score (nSPS) is 13.9. The zero-order valence-electron chi connectivity index (χ0n) is 10.5. The van der Waals surface area contributed by atoms with E-state index >= 15 is 0 Å². The molecular formula is C11H27N3. The van der Waals surface area contributed by atoms with Crippen molar-refractivity contribution in [2.45, 2.75) is 33.4 Å². The quantitative estimate of drug-likeness (QED) is 0.596. The standard InChI is InChI=1S/C11H27N3/c1-6-11(13(4)5)12-9-10-14(7-2)8-3/h11-12H,6-10H2,1-5H3. The lowest BCUT2D eigenvalue weighted by Gasteiger charge is -2.26.